The van der Waals surface area contributed by atoms with Crippen molar-refractivity contribution in [3.63, 3.8) is 0 Å². The number of halogens is 3. The Morgan fingerprint density at radius 1 is 1.37 bits per heavy atom. The van der Waals surface area contributed by atoms with Crippen molar-refractivity contribution < 1.29 is 32.6 Å². The second-order valence-electron chi connectivity index (χ2n) is 7.80. The highest BCUT2D eigenvalue weighted by molar-refractivity contribution is 5.84. The molecule has 0 bridgehead atoms. The van der Waals surface area contributed by atoms with Gasteiger partial charge in [-0.1, -0.05) is 12.1 Å². The van der Waals surface area contributed by atoms with Gasteiger partial charge in [-0.15, -0.1) is 13.2 Å². The van der Waals surface area contributed by atoms with E-state index in [-0.39, 0.29) is 42.8 Å². The molecule has 2 rings (SSSR count). The van der Waals surface area contributed by atoms with Crippen LogP contribution in [-0.4, -0.2) is 47.9 Å². The number of amides is 2. The molecule has 1 aliphatic heterocycles. The molecule has 0 aromatic heterocycles. The van der Waals surface area contributed by atoms with Crippen LogP contribution in [0.2, 0.25) is 0 Å². The highest BCUT2D eigenvalue weighted by atomic mass is 19.4. The Hall–Kier alpha value is -2.80. The lowest BCUT2D eigenvalue weighted by molar-refractivity contribution is -0.274. The molecule has 0 unspecified atom stereocenters. The highest BCUT2D eigenvalue weighted by Gasteiger charge is 2.36. The molecular weight excluding hydrogens is 403 g/mol. The van der Waals surface area contributed by atoms with Crippen LogP contribution in [0.4, 0.5) is 18.9 Å². The van der Waals surface area contributed by atoms with E-state index in [1.54, 1.807) is 13.8 Å². The van der Waals surface area contributed by atoms with E-state index in [4.69, 9.17) is 6.57 Å². The lowest BCUT2D eigenvalue weighted by atomic mass is 9.89. The SMILES string of the molecule is [C-]#[N+]c1ccc(CNC(=O)[C@@H]2CCCN(C(=O)C(C)(C)CO)C2)c(OC(F)(F)F)c1. The van der Waals surface area contributed by atoms with Gasteiger partial charge in [0, 0.05) is 25.2 Å². The molecule has 2 amide bonds. The van der Waals surface area contributed by atoms with Crippen molar-refractivity contribution in [1.82, 2.24) is 10.2 Å². The number of hydrogen-bond acceptors (Lipinski definition) is 4. The number of piperidine rings is 1. The summed E-state index contributed by atoms with van der Waals surface area (Å²) in [5.74, 6) is -1.69. The van der Waals surface area contributed by atoms with Crippen LogP contribution in [-0.2, 0) is 16.1 Å². The van der Waals surface area contributed by atoms with Crippen LogP contribution in [0, 0.1) is 17.9 Å². The quantitative estimate of drug-likeness (QED) is 0.684. The maximum Gasteiger partial charge on any atom is 0.573 e. The third kappa shape index (κ3) is 6.10. The Kier molecular flexibility index (Phi) is 7.31. The summed E-state index contributed by atoms with van der Waals surface area (Å²) in [6.07, 6.45) is -3.78. The molecule has 1 aliphatic rings. The van der Waals surface area contributed by atoms with Gasteiger partial charge in [-0.05, 0) is 32.8 Å². The molecule has 0 spiro atoms. The number of ether oxygens (including phenoxy) is 1. The van der Waals surface area contributed by atoms with Crippen molar-refractivity contribution in [1.29, 1.82) is 0 Å². The number of likely N-dealkylation sites (tertiary alicyclic amines) is 1. The zero-order valence-corrected chi connectivity index (χ0v) is 16.8. The molecule has 1 saturated heterocycles. The second-order valence-corrected chi connectivity index (χ2v) is 7.80. The van der Waals surface area contributed by atoms with Crippen LogP contribution < -0.4 is 10.1 Å². The van der Waals surface area contributed by atoms with Gasteiger partial charge in [0.15, 0.2) is 5.69 Å². The number of nitrogens with zero attached hydrogens (tertiary/aromatic N) is 2. The normalized spacial score (nSPS) is 17.2. The molecule has 0 saturated carbocycles. The Bertz CT molecular complexity index is 834. The molecule has 30 heavy (non-hydrogen) atoms. The molecule has 164 valence electrons. The van der Waals surface area contributed by atoms with Crippen molar-refractivity contribution in [3.05, 3.63) is 35.2 Å². The topological polar surface area (TPSA) is 83.2 Å². The standard InChI is InChI=1S/C20H24F3N3O4/c1-19(2,12-27)18(29)26-8-4-5-14(11-26)17(28)25-10-13-6-7-15(24-3)9-16(13)30-20(21,22)23/h6-7,9,14,27H,4-5,8,10-12H2,1-2H3,(H,25,28)/t14-/m1/s1. The van der Waals surface area contributed by atoms with Crippen molar-refractivity contribution in [2.75, 3.05) is 19.7 Å². The van der Waals surface area contributed by atoms with Crippen LogP contribution in [0.25, 0.3) is 4.85 Å². The second kappa shape index (κ2) is 9.34. The lowest BCUT2D eigenvalue weighted by Crippen LogP contribution is -2.50. The number of rotatable bonds is 6. The van der Waals surface area contributed by atoms with Crippen molar-refractivity contribution in [3.8, 4) is 5.75 Å². The molecule has 1 aromatic carbocycles. The summed E-state index contributed by atoms with van der Waals surface area (Å²) < 4.78 is 41.9. The summed E-state index contributed by atoms with van der Waals surface area (Å²) in [4.78, 5) is 29.7. The Balaban J connectivity index is 2.05. The van der Waals surface area contributed by atoms with E-state index in [0.717, 1.165) is 6.07 Å². The smallest absolute Gasteiger partial charge is 0.407 e. The van der Waals surface area contributed by atoms with Gasteiger partial charge in [0.1, 0.15) is 5.75 Å². The molecule has 0 radical (unpaired) electrons. The number of carbonyl (C=O) groups excluding carboxylic acids is 2. The van der Waals surface area contributed by atoms with E-state index >= 15 is 0 Å². The number of benzene rings is 1. The molecule has 1 atom stereocenters. The van der Waals surface area contributed by atoms with E-state index in [0.29, 0.717) is 19.4 Å². The summed E-state index contributed by atoms with van der Waals surface area (Å²) in [7, 11) is 0. The van der Waals surface area contributed by atoms with Gasteiger partial charge in [0.05, 0.1) is 24.5 Å². The lowest BCUT2D eigenvalue weighted by Gasteiger charge is -2.36. The molecule has 1 heterocycles. The first-order valence-electron chi connectivity index (χ1n) is 9.41. The third-order valence-electron chi connectivity index (χ3n) is 4.91. The highest BCUT2D eigenvalue weighted by Crippen LogP contribution is 2.31. The molecular formula is C20H24F3N3O4. The number of alkyl halides is 3. The van der Waals surface area contributed by atoms with Crippen molar-refractivity contribution in [2.45, 2.75) is 39.6 Å². The third-order valence-corrected chi connectivity index (χ3v) is 4.91. The summed E-state index contributed by atoms with van der Waals surface area (Å²) in [6.45, 7) is 10.3. The Labute approximate surface area is 172 Å². The molecule has 7 nitrogen and oxygen atoms in total. The Morgan fingerprint density at radius 2 is 2.07 bits per heavy atom. The zero-order valence-electron chi connectivity index (χ0n) is 16.8. The number of carbonyl (C=O) groups is 2. The van der Waals surface area contributed by atoms with Gasteiger partial charge in [-0.3, -0.25) is 9.59 Å². The van der Waals surface area contributed by atoms with Crippen LogP contribution in [0.1, 0.15) is 32.3 Å². The maximum atomic E-state index is 12.6. The Morgan fingerprint density at radius 3 is 2.67 bits per heavy atom. The summed E-state index contributed by atoms with van der Waals surface area (Å²) in [6, 6.07) is 3.62. The summed E-state index contributed by atoms with van der Waals surface area (Å²) in [5.41, 5.74) is -0.886. The molecule has 1 aromatic rings. The predicted molar refractivity (Wildman–Crippen MR) is 101 cm³/mol. The van der Waals surface area contributed by atoms with E-state index in [1.165, 1.54) is 17.0 Å². The predicted octanol–water partition coefficient (Wildman–Crippen LogP) is 3.01. The monoisotopic (exact) mass is 427 g/mol. The molecule has 10 heteroatoms. The number of hydrogen-bond donors (Lipinski definition) is 2. The van der Waals surface area contributed by atoms with E-state index in [2.05, 4.69) is 14.9 Å². The minimum Gasteiger partial charge on any atom is -0.407 e. The van der Waals surface area contributed by atoms with Gasteiger partial charge in [-0.25, -0.2) is 4.85 Å². The van der Waals surface area contributed by atoms with E-state index < -0.39 is 23.4 Å². The number of nitrogens with one attached hydrogen (secondary N) is 1. The average molecular weight is 427 g/mol. The fraction of sp³-hybridized carbons (Fsp3) is 0.550. The fourth-order valence-corrected chi connectivity index (χ4v) is 3.18. The van der Waals surface area contributed by atoms with Gasteiger partial charge in [0.25, 0.3) is 0 Å². The van der Waals surface area contributed by atoms with Crippen LogP contribution in [0.15, 0.2) is 18.2 Å². The summed E-state index contributed by atoms with van der Waals surface area (Å²) >= 11 is 0. The molecule has 0 aliphatic carbocycles. The van der Waals surface area contributed by atoms with Crippen LogP contribution in [0.3, 0.4) is 0 Å². The minimum absolute atomic E-state index is 0.0164. The summed E-state index contributed by atoms with van der Waals surface area (Å²) in [5, 5.41) is 12.0. The zero-order chi connectivity index (χ0) is 22.5. The van der Waals surface area contributed by atoms with E-state index in [9.17, 15) is 27.9 Å². The molecule has 1 fully saturated rings. The van der Waals surface area contributed by atoms with E-state index in [1.807, 2.05) is 0 Å². The van der Waals surface area contributed by atoms with Gasteiger partial charge in [-0.2, -0.15) is 0 Å². The number of aliphatic hydroxyl groups is 1. The first-order valence-corrected chi connectivity index (χ1v) is 9.41. The van der Waals surface area contributed by atoms with Crippen molar-refractivity contribution >= 4 is 17.5 Å². The largest absolute Gasteiger partial charge is 0.573 e. The first-order chi connectivity index (χ1) is 14.0. The maximum absolute atomic E-state index is 12.6. The van der Waals surface area contributed by atoms with Crippen LogP contribution in [0.5, 0.6) is 5.75 Å². The average Bonchev–Trinajstić information content (AvgIpc) is 2.70. The molecule has 2 N–H and O–H groups in total. The van der Waals surface area contributed by atoms with Gasteiger partial charge < -0.3 is 20.1 Å². The fourth-order valence-electron chi connectivity index (χ4n) is 3.18. The van der Waals surface area contributed by atoms with Crippen molar-refractivity contribution in [2.24, 2.45) is 11.3 Å². The number of aliphatic hydroxyl groups excluding tert-OH is 1. The van der Waals surface area contributed by atoms with Gasteiger partial charge in [0.2, 0.25) is 11.8 Å². The first kappa shape index (κ1) is 23.5. The van der Waals surface area contributed by atoms with Crippen LogP contribution >= 0.6 is 0 Å². The minimum atomic E-state index is -4.93. The van der Waals surface area contributed by atoms with Gasteiger partial charge >= 0.3 is 6.36 Å².